The molecule has 14 heteroatoms. The molecule has 0 spiro atoms. The molecule has 2 aromatic rings. The molecule has 0 radical (unpaired) electrons. The van der Waals surface area contributed by atoms with E-state index >= 15 is 0 Å². The fourth-order valence-corrected chi connectivity index (χ4v) is 2.23. The second kappa shape index (κ2) is 8.70. The van der Waals surface area contributed by atoms with Gasteiger partial charge in [-0.3, -0.25) is 0 Å². The van der Waals surface area contributed by atoms with Crippen molar-refractivity contribution in [3.05, 3.63) is 63.1 Å². The number of benzene rings is 2. The summed E-state index contributed by atoms with van der Waals surface area (Å²) in [5, 5.41) is 17.0. The van der Waals surface area contributed by atoms with Crippen molar-refractivity contribution in [2.24, 2.45) is 0 Å². The van der Waals surface area contributed by atoms with Gasteiger partial charge in [0.25, 0.3) is 0 Å². The van der Waals surface area contributed by atoms with Crippen LogP contribution in [0.15, 0.2) is 28.7 Å². The molecule has 0 aliphatic carbocycles. The Labute approximate surface area is 158 Å². The Kier molecular flexibility index (Phi) is 7.53. The second-order valence-electron chi connectivity index (χ2n) is 4.97. The molecule has 2 N–H and O–H groups in total. The van der Waals surface area contributed by atoms with Gasteiger partial charge in [-0.2, -0.15) is 26.3 Å². The van der Waals surface area contributed by atoms with E-state index in [2.05, 4.69) is 15.9 Å². The standard InChI is InChI=1S/C7H4BF5O2.C7H2BrF5/c9-4-1-3(8(14)15)2-5(10)6(4)7(11,12)13;8-3-1-4(9)6(5(10)2-3)7(11,12)13/h1-2,14-15H;1-2H. The zero-order valence-corrected chi connectivity index (χ0v) is 14.5. The molecule has 0 amide bonds. The van der Waals surface area contributed by atoms with Crippen molar-refractivity contribution in [2.45, 2.75) is 12.4 Å². The maximum absolute atomic E-state index is 12.8. The summed E-state index contributed by atoms with van der Waals surface area (Å²) in [6, 6.07) is 1.56. The SMILES string of the molecule is Fc1cc(Br)cc(F)c1C(F)(F)F.OB(O)c1cc(F)c(C(F)(F)F)c(F)c1. The van der Waals surface area contributed by atoms with Crippen LogP contribution in [0.3, 0.4) is 0 Å². The van der Waals surface area contributed by atoms with E-state index in [1.807, 2.05) is 0 Å². The molecule has 0 unspecified atom stereocenters. The molecule has 0 saturated carbocycles. The van der Waals surface area contributed by atoms with E-state index < -0.39 is 59.3 Å². The molecule has 0 heterocycles. The quantitative estimate of drug-likeness (QED) is 0.463. The molecule has 0 bridgehead atoms. The van der Waals surface area contributed by atoms with Gasteiger partial charge in [-0.15, -0.1) is 0 Å². The van der Waals surface area contributed by atoms with Crippen LogP contribution in [-0.2, 0) is 12.4 Å². The first kappa shape index (κ1) is 24.2. The highest BCUT2D eigenvalue weighted by Crippen LogP contribution is 2.35. The second-order valence-corrected chi connectivity index (χ2v) is 5.89. The molecule has 0 aromatic heterocycles. The Hall–Kier alpha value is -1.80. The van der Waals surface area contributed by atoms with Crippen LogP contribution in [0.25, 0.3) is 0 Å². The Morgan fingerprint density at radius 2 is 0.929 bits per heavy atom. The highest BCUT2D eigenvalue weighted by molar-refractivity contribution is 9.10. The van der Waals surface area contributed by atoms with E-state index in [1.165, 1.54) is 0 Å². The minimum absolute atomic E-state index is 0.0736. The summed E-state index contributed by atoms with van der Waals surface area (Å²) in [6.07, 6.45) is -10.2. The third-order valence-electron chi connectivity index (χ3n) is 2.94. The lowest BCUT2D eigenvalue weighted by Crippen LogP contribution is -2.31. The van der Waals surface area contributed by atoms with E-state index in [0.29, 0.717) is 12.1 Å². The Morgan fingerprint density at radius 1 is 0.643 bits per heavy atom. The zero-order chi connectivity index (χ0) is 22.0. The number of hydrogen-bond donors (Lipinski definition) is 2. The number of rotatable bonds is 1. The van der Waals surface area contributed by atoms with Gasteiger partial charge in [-0.05, 0) is 29.7 Å². The van der Waals surface area contributed by atoms with Crippen LogP contribution in [0, 0.1) is 23.3 Å². The summed E-state index contributed by atoms with van der Waals surface area (Å²) in [5.41, 5.74) is -4.60. The normalized spacial score (nSPS) is 11.8. The average molecular weight is 487 g/mol. The van der Waals surface area contributed by atoms with Crippen molar-refractivity contribution in [2.75, 3.05) is 0 Å². The summed E-state index contributed by atoms with van der Waals surface area (Å²) < 4.78 is 123. The summed E-state index contributed by atoms with van der Waals surface area (Å²) in [5.74, 6) is -7.02. The van der Waals surface area contributed by atoms with E-state index in [0.717, 1.165) is 0 Å². The van der Waals surface area contributed by atoms with Crippen LogP contribution in [0.5, 0.6) is 0 Å². The first-order valence-electron chi connectivity index (χ1n) is 6.69. The monoisotopic (exact) mass is 486 g/mol. The molecule has 0 atom stereocenters. The van der Waals surface area contributed by atoms with Gasteiger partial charge in [0.1, 0.15) is 34.4 Å². The largest absolute Gasteiger partial charge is 0.488 e. The summed E-state index contributed by atoms with van der Waals surface area (Å²) in [6.45, 7) is 0. The molecule has 0 aliphatic heterocycles. The first-order chi connectivity index (χ1) is 12.6. The third-order valence-corrected chi connectivity index (χ3v) is 3.39. The highest BCUT2D eigenvalue weighted by atomic mass is 79.9. The highest BCUT2D eigenvalue weighted by Gasteiger charge is 2.39. The molecular formula is C14H6BBrF10O2. The fourth-order valence-electron chi connectivity index (χ4n) is 1.83. The predicted molar refractivity (Wildman–Crippen MR) is 80.2 cm³/mol. The van der Waals surface area contributed by atoms with Gasteiger partial charge in [0, 0.05) is 4.47 Å². The average Bonchev–Trinajstić information content (AvgIpc) is 2.42. The summed E-state index contributed by atoms with van der Waals surface area (Å²) in [4.78, 5) is 0. The van der Waals surface area contributed by atoms with Crippen LogP contribution in [0.2, 0.25) is 0 Å². The minimum Gasteiger partial charge on any atom is -0.423 e. The number of alkyl halides is 6. The van der Waals surface area contributed by atoms with Crippen molar-refractivity contribution < 1.29 is 54.0 Å². The van der Waals surface area contributed by atoms with E-state index in [1.54, 1.807) is 0 Å². The minimum atomic E-state index is -5.16. The van der Waals surface area contributed by atoms with Crippen LogP contribution >= 0.6 is 15.9 Å². The lowest BCUT2D eigenvalue weighted by molar-refractivity contribution is -0.143. The lowest BCUT2D eigenvalue weighted by Gasteiger charge is -2.10. The topological polar surface area (TPSA) is 40.5 Å². The predicted octanol–water partition coefficient (Wildman–Crippen LogP) is 4.41. The molecule has 154 valence electrons. The van der Waals surface area contributed by atoms with Crippen LogP contribution in [-0.4, -0.2) is 17.2 Å². The molecule has 2 rings (SSSR count). The number of halogens is 11. The Bertz CT molecular complexity index is 805. The third kappa shape index (κ3) is 6.11. The Morgan fingerprint density at radius 3 is 1.18 bits per heavy atom. The molecule has 0 fully saturated rings. The maximum Gasteiger partial charge on any atom is 0.488 e. The molecule has 28 heavy (non-hydrogen) atoms. The molecule has 2 aromatic carbocycles. The molecular weight excluding hydrogens is 481 g/mol. The van der Waals surface area contributed by atoms with Gasteiger partial charge in [0.15, 0.2) is 0 Å². The van der Waals surface area contributed by atoms with Gasteiger partial charge in [0.2, 0.25) is 0 Å². The summed E-state index contributed by atoms with van der Waals surface area (Å²) >= 11 is 2.67. The molecule has 0 saturated heterocycles. The molecule has 0 aliphatic rings. The summed E-state index contributed by atoms with van der Waals surface area (Å²) in [7, 11) is -2.23. The van der Waals surface area contributed by atoms with E-state index in [9.17, 15) is 43.9 Å². The lowest BCUT2D eigenvalue weighted by atomic mass is 9.80. The van der Waals surface area contributed by atoms with Gasteiger partial charge in [-0.25, -0.2) is 17.6 Å². The molecule has 2 nitrogen and oxygen atoms in total. The van der Waals surface area contributed by atoms with Crippen LogP contribution in [0.4, 0.5) is 43.9 Å². The maximum atomic E-state index is 12.8. The first-order valence-corrected chi connectivity index (χ1v) is 7.49. The Balaban J connectivity index is 0.000000283. The van der Waals surface area contributed by atoms with Crippen molar-refractivity contribution in [3.63, 3.8) is 0 Å². The van der Waals surface area contributed by atoms with Crippen molar-refractivity contribution in [1.82, 2.24) is 0 Å². The van der Waals surface area contributed by atoms with Crippen molar-refractivity contribution in [3.8, 4) is 0 Å². The van der Waals surface area contributed by atoms with Gasteiger partial charge >= 0.3 is 19.5 Å². The van der Waals surface area contributed by atoms with Gasteiger partial charge < -0.3 is 10.0 Å². The van der Waals surface area contributed by atoms with Gasteiger partial charge in [-0.1, -0.05) is 15.9 Å². The van der Waals surface area contributed by atoms with Crippen LogP contribution < -0.4 is 5.46 Å². The van der Waals surface area contributed by atoms with Crippen molar-refractivity contribution in [1.29, 1.82) is 0 Å². The fraction of sp³-hybridized carbons (Fsp3) is 0.143. The van der Waals surface area contributed by atoms with E-state index in [4.69, 9.17) is 10.0 Å². The zero-order valence-electron chi connectivity index (χ0n) is 12.9. The van der Waals surface area contributed by atoms with Crippen LogP contribution in [0.1, 0.15) is 11.1 Å². The van der Waals surface area contributed by atoms with Gasteiger partial charge in [0.05, 0.1) is 0 Å². The van der Waals surface area contributed by atoms with E-state index in [-0.39, 0.29) is 16.6 Å². The van der Waals surface area contributed by atoms with Crippen molar-refractivity contribution >= 4 is 28.5 Å². The number of hydrogen-bond acceptors (Lipinski definition) is 2. The smallest absolute Gasteiger partial charge is 0.423 e.